The van der Waals surface area contributed by atoms with E-state index in [0.717, 1.165) is 11.3 Å². The van der Waals surface area contributed by atoms with Crippen LogP contribution in [-0.4, -0.2) is 16.1 Å². The number of fused-ring (bicyclic) bond motifs is 1. The normalized spacial score (nSPS) is 10.7. The van der Waals surface area contributed by atoms with E-state index in [4.69, 9.17) is 9.62 Å². The van der Waals surface area contributed by atoms with Gasteiger partial charge in [0, 0.05) is 11.3 Å². The van der Waals surface area contributed by atoms with Gasteiger partial charge in [0.15, 0.2) is 5.58 Å². The van der Waals surface area contributed by atoms with E-state index in [9.17, 15) is 4.79 Å². The number of benzene rings is 3. The van der Waals surface area contributed by atoms with E-state index >= 15 is 0 Å². The Morgan fingerprint density at radius 1 is 1.00 bits per heavy atom. The SMILES string of the molecule is O=C(NO)c1ccc2oc(N(Cc3ccccc3)c3ccccc3)nc2c1. The van der Waals surface area contributed by atoms with Crippen LogP contribution >= 0.6 is 0 Å². The van der Waals surface area contributed by atoms with Gasteiger partial charge in [-0.05, 0) is 35.9 Å². The number of oxazole rings is 1. The van der Waals surface area contributed by atoms with Crippen molar-refractivity contribution in [2.24, 2.45) is 0 Å². The van der Waals surface area contributed by atoms with Gasteiger partial charge in [0.2, 0.25) is 0 Å². The van der Waals surface area contributed by atoms with Crippen molar-refractivity contribution < 1.29 is 14.4 Å². The zero-order valence-corrected chi connectivity index (χ0v) is 14.4. The highest BCUT2D eigenvalue weighted by atomic mass is 16.5. The lowest BCUT2D eigenvalue weighted by Gasteiger charge is -2.20. The molecular weight excluding hydrogens is 342 g/mol. The lowest BCUT2D eigenvalue weighted by Crippen LogP contribution is -2.18. The highest BCUT2D eigenvalue weighted by Crippen LogP contribution is 2.30. The van der Waals surface area contributed by atoms with E-state index in [1.54, 1.807) is 23.7 Å². The molecule has 0 saturated heterocycles. The van der Waals surface area contributed by atoms with Crippen molar-refractivity contribution in [2.75, 3.05) is 4.90 Å². The molecule has 0 spiro atoms. The van der Waals surface area contributed by atoms with Crippen LogP contribution in [0.1, 0.15) is 15.9 Å². The van der Waals surface area contributed by atoms with E-state index in [2.05, 4.69) is 4.98 Å². The van der Waals surface area contributed by atoms with Crippen molar-refractivity contribution in [3.05, 3.63) is 90.0 Å². The highest BCUT2D eigenvalue weighted by molar-refractivity contribution is 5.96. The summed E-state index contributed by atoms with van der Waals surface area (Å²) < 4.78 is 5.95. The number of carbonyl (C=O) groups is 1. The molecular formula is C21H17N3O3. The Morgan fingerprint density at radius 3 is 2.41 bits per heavy atom. The van der Waals surface area contributed by atoms with Crippen LogP contribution in [0.25, 0.3) is 11.1 Å². The first-order valence-corrected chi connectivity index (χ1v) is 8.46. The standard InChI is InChI=1S/C21H17N3O3/c25-20(23-26)16-11-12-19-18(13-16)22-21(27-19)24(17-9-5-2-6-10-17)14-15-7-3-1-4-8-15/h1-13,26H,14H2,(H,23,25). The van der Waals surface area contributed by atoms with Crippen LogP contribution in [-0.2, 0) is 6.54 Å². The molecule has 1 heterocycles. The summed E-state index contributed by atoms with van der Waals surface area (Å²) in [7, 11) is 0. The molecule has 134 valence electrons. The van der Waals surface area contributed by atoms with Crippen LogP contribution in [0.3, 0.4) is 0 Å². The van der Waals surface area contributed by atoms with Gasteiger partial charge in [0.25, 0.3) is 5.91 Å². The first kappa shape index (κ1) is 16.8. The van der Waals surface area contributed by atoms with Crippen LogP contribution in [0.15, 0.2) is 83.3 Å². The summed E-state index contributed by atoms with van der Waals surface area (Å²) >= 11 is 0. The predicted octanol–water partition coefficient (Wildman–Crippen LogP) is 4.29. The van der Waals surface area contributed by atoms with E-state index in [0.29, 0.717) is 29.2 Å². The average molecular weight is 359 g/mol. The fourth-order valence-electron chi connectivity index (χ4n) is 2.88. The van der Waals surface area contributed by atoms with Gasteiger partial charge >= 0.3 is 6.01 Å². The molecule has 1 aromatic heterocycles. The largest absolute Gasteiger partial charge is 0.423 e. The van der Waals surface area contributed by atoms with Gasteiger partial charge < -0.3 is 4.42 Å². The number of aromatic nitrogens is 1. The topological polar surface area (TPSA) is 78.6 Å². The molecule has 3 aromatic carbocycles. The lowest BCUT2D eigenvalue weighted by atomic mass is 10.2. The minimum atomic E-state index is -0.592. The fraction of sp³-hybridized carbons (Fsp3) is 0.0476. The van der Waals surface area contributed by atoms with Crippen molar-refractivity contribution in [2.45, 2.75) is 6.54 Å². The second-order valence-electron chi connectivity index (χ2n) is 6.03. The number of nitrogens with zero attached hydrogens (tertiary/aromatic N) is 2. The third kappa shape index (κ3) is 3.51. The maximum absolute atomic E-state index is 11.6. The first-order valence-electron chi connectivity index (χ1n) is 8.46. The van der Waals surface area contributed by atoms with Crippen molar-refractivity contribution in [3.63, 3.8) is 0 Å². The van der Waals surface area contributed by atoms with Crippen LogP contribution < -0.4 is 10.4 Å². The Hall–Kier alpha value is -3.64. The molecule has 0 radical (unpaired) electrons. The second kappa shape index (κ2) is 7.31. The van der Waals surface area contributed by atoms with E-state index in [1.165, 1.54) is 0 Å². The molecule has 0 unspecified atom stereocenters. The maximum atomic E-state index is 11.6. The minimum Gasteiger partial charge on any atom is -0.423 e. The summed E-state index contributed by atoms with van der Waals surface area (Å²) in [4.78, 5) is 18.2. The van der Waals surface area contributed by atoms with E-state index in [1.807, 2.05) is 65.6 Å². The van der Waals surface area contributed by atoms with E-state index in [-0.39, 0.29) is 0 Å². The van der Waals surface area contributed by atoms with Gasteiger partial charge in [0.05, 0.1) is 6.54 Å². The summed E-state index contributed by atoms with van der Waals surface area (Å²) in [6.07, 6.45) is 0. The summed E-state index contributed by atoms with van der Waals surface area (Å²) in [5, 5.41) is 8.81. The number of nitrogens with one attached hydrogen (secondary N) is 1. The van der Waals surface area contributed by atoms with Crippen LogP contribution in [0.4, 0.5) is 11.7 Å². The summed E-state index contributed by atoms with van der Waals surface area (Å²) in [5.41, 5.74) is 5.10. The first-order chi connectivity index (χ1) is 13.2. The smallest absolute Gasteiger partial charge is 0.303 e. The number of rotatable bonds is 5. The fourth-order valence-corrected chi connectivity index (χ4v) is 2.88. The van der Waals surface area contributed by atoms with Crippen molar-refractivity contribution in [1.82, 2.24) is 10.5 Å². The zero-order chi connectivity index (χ0) is 18.6. The summed E-state index contributed by atoms with van der Waals surface area (Å²) in [6, 6.07) is 25.2. The van der Waals surface area contributed by atoms with Crippen molar-refractivity contribution >= 4 is 28.7 Å². The number of hydrogen-bond acceptors (Lipinski definition) is 5. The number of carbonyl (C=O) groups excluding carboxylic acids is 1. The third-order valence-corrected chi connectivity index (χ3v) is 4.22. The monoisotopic (exact) mass is 359 g/mol. The Kier molecular flexibility index (Phi) is 4.55. The Morgan fingerprint density at radius 2 is 1.70 bits per heavy atom. The number of amides is 1. The number of anilines is 2. The van der Waals surface area contributed by atoms with Gasteiger partial charge in [-0.1, -0.05) is 48.5 Å². The number of hydrogen-bond donors (Lipinski definition) is 2. The number of hydroxylamine groups is 1. The third-order valence-electron chi connectivity index (χ3n) is 4.22. The molecule has 4 rings (SSSR count). The van der Waals surface area contributed by atoms with Crippen LogP contribution in [0, 0.1) is 0 Å². The van der Waals surface area contributed by atoms with Gasteiger partial charge in [-0.25, -0.2) is 5.48 Å². The molecule has 0 atom stereocenters. The molecule has 6 nitrogen and oxygen atoms in total. The molecule has 0 aliphatic rings. The molecule has 6 heteroatoms. The predicted molar refractivity (Wildman–Crippen MR) is 102 cm³/mol. The molecule has 0 saturated carbocycles. The van der Waals surface area contributed by atoms with Crippen molar-refractivity contribution in [3.8, 4) is 0 Å². The van der Waals surface area contributed by atoms with Gasteiger partial charge in [-0.15, -0.1) is 0 Å². The molecule has 27 heavy (non-hydrogen) atoms. The van der Waals surface area contributed by atoms with Gasteiger partial charge in [0.1, 0.15) is 5.52 Å². The number of para-hydroxylation sites is 1. The maximum Gasteiger partial charge on any atom is 0.303 e. The highest BCUT2D eigenvalue weighted by Gasteiger charge is 2.17. The Labute approximate surface area is 155 Å². The second-order valence-corrected chi connectivity index (χ2v) is 6.03. The average Bonchev–Trinajstić information content (AvgIpc) is 3.15. The molecule has 0 bridgehead atoms. The van der Waals surface area contributed by atoms with Crippen molar-refractivity contribution in [1.29, 1.82) is 0 Å². The van der Waals surface area contributed by atoms with Crippen LogP contribution in [0.5, 0.6) is 0 Å². The molecule has 0 aliphatic heterocycles. The summed E-state index contributed by atoms with van der Waals surface area (Å²) in [5.74, 6) is -0.592. The molecule has 0 fully saturated rings. The van der Waals surface area contributed by atoms with Gasteiger partial charge in [-0.3, -0.25) is 14.9 Å². The summed E-state index contributed by atoms with van der Waals surface area (Å²) in [6.45, 7) is 0.585. The Bertz CT molecular complexity index is 1060. The molecule has 1 amide bonds. The zero-order valence-electron chi connectivity index (χ0n) is 14.4. The lowest BCUT2D eigenvalue weighted by molar-refractivity contribution is 0.0706. The Balaban J connectivity index is 1.76. The molecule has 0 aliphatic carbocycles. The van der Waals surface area contributed by atoms with E-state index < -0.39 is 5.91 Å². The van der Waals surface area contributed by atoms with Gasteiger partial charge in [-0.2, -0.15) is 4.98 Å². The van der Waals surface area contributed by atoms with Crippen LogP contribution in [0.2, 0.25) is 0 Å². The molecule has 4 aromatic rings. The minimum absolute atomic E-state index is 0.305. The quantitative estimate of drug-likeness (QED) is 0.411. The molecule has 2 N–H and O–H groups in total.